The molecule has 0 radical (unpaired) electrons. The zero-order valence-corrected chi connectivity index (χ0v) is 12.4. The van der Waals surface area contributed by atoms with Gasteiger partial charge in [0.1, 0.15) is 0 Å². The van der Waals surface area contributed by atoms with Crippen LogP contribution in [0.4, 0.5) is 0 Å². The van der Waals surface area contributed by atoms with Crippen LogP contribution in [0.5, 0.6) is 0 Å². The highest BCUT2D eigenvalue weighted by molar-refractivity contribution is 5.85. The van der Waals surface area contributed by atoms with Gasteiger partial charge in [0.05, 0.1) is 0 Å². The van der Waals surface area contributed by atoms with Crippen LogP contribution in [0, 0.1) is 0 Å². The largest absolute Gasteiger partial charge is 0.353 e. The molecule has 1 aromatic rings. The Morgan fingerprint density at radius 3 is 2.53 bits per heavy atom. The van der Waals surface area contributed by atoms with Crippen LogP contribution in [0.1, 0.15) is 38.7 Å². The van der Waals surface area contributed by atoms with Gasteiger partial charge < -0.3 is 11.1 Å². The molecule has 106 valence electrons. The predicted molar refractivity (Wildman–Crippen MR) is 80.5 cm³/mol. The molecule has 1 aromatic carbocycles. The van der Waals surface area contributed by atoms with E-state index < -0.39 is 0 Å². The minimum atomic E-state index is -0.0643. The lowest BCUT2D eigenvalue weighted by atomic mass is 9.63. The zero-order valence-electron chi connectivity index (χ0n) is 11.6. The summed E-state index contributed by atoms with van der Waals surface area (Å²) in [6.45, 7) is 4.12. The normalized spacial score (nSPS) is 26.8. The third-order valence-electron chi connectivity index (χ3n) is 3.74. The number of carbonyl (C=O) groups is 1. The average molecular weight is 283 g/mol. The number of hydrogen-bond donors (Lipinski definition) is 2. The highest BCUT2D eigenvalue weighted by atomic mass is 35.5. The van der Waals surface area contributed by atoms with Crippen LogP contribution in [-0.2, 0) is 10.2 Å². The van der Waals surface area contributed by atoms with Gasteiger partial charge in [-0.05, 0) is 30.7 Å². The second kappa shape index (κ2) is 6.40. The van der Waals surface area contributed by atoms with Crippen molar-refractivity contribution < 1.29 is 4.79 Å². The van der Waals surface area contributed by atoms with E-state index >= 15 is 0 Å². The maximum Gasteiger partial charge on any atom is 0.221 e. The molecule has 1 aliphatic rings. The van der Waals surface area contributed by atoms with E-state index in [2.05, 4.69) is 36.5 Å². The first kappa shape index (κ1) is 16.0. The standard InChI is InChI=1S/C15H22N2O.ClH/c1-11(16)8-14(18)17-13-9-15(2,10-13)12-6-4-3-5-7-12;/h3-7,11,13H,8-10,16H2,1-2H3,(H,17,18);1H. The number of benzene rings is 1. The van der Waals surface area contributed by atoms with Crippen LogP contribution in [0.25, 0.3) is 0 Å². The molecular weight excluding hydrogens is 260 g/mol. The van der Waals surface area contributed by atoms with Crippen molar-refractivity contribution in [2.24, 2.45) is 5.73 Å². The van der Waals surface area contributed by atoms with Crippen LogP contribution in [-0.4, -0.2) is 18.0 Å². The quantitative estimate of drug-likeness (QED) is 0.891. The van der Waals surface area contributed by atoms with Crippen molar-refractivity contribution in [3.8, 4) is 0 Å². The van der Waals surface area contributed by atoms with Crippen LogP contribution in [0.15, 0.2) is 30.3 Å². The monoisotopic (exact) mass is 282 g/mol. The second-order valence-electron chi connectivity index (χ2n) is 5.78. The van der Waals surface area contributed by atoms with Crippen molar-refractivity contribution in [3.05, 3.63) is 35.9 Å². The van der Waals surface area contributed by atoms with Gasteiger partial charge in [-0.15, -0.1) is 12.4 Å². The average Bonchev–Trinajstić information content (AvgIpc) is 2.27. The number of halogens is 1. The molecule has 2 rings (SSSR count). The molecule has 0 aliphatic heterocycles. The summed E-state index contributed by atoms with van der Waals surface area (Å²) in [5.41, 5.74) is 7.19. The third kappa shape index (κ3) is 3.95. The van der Waals surface area contributed by atoms with E-state index in [0.717, 1.165) is 12.8 Å². The fourth-order valence-corrected chi connectivity index (χ4v) is 2.79. The van der Waals surface area contributed by atoms with Gasteiger partial charge in [-0.3, -0.25) is 4.79 Å². The first-order chi connectivity index (χ1) is 8.49. The van der Waals surface area contributed by atoms with E-state index in [1.54, 1.807) is 0 Å². The highest BCUT2D eigenvalue weighted by Gasteiger charge is 2.41. The summed E-state index contributed by atoms with van der Waals surface area (Å²) in [5.74, 6) is 0.0742. The number of rotatable bonds is 4. The molecule has 1 fully saturated rings. The van der Waals surface area contributed by atoms with E-state index in [9.17, 15) is 4.79 Å². The molecule has 0 saturated heterocycles. The molecule has 0 bridgehead atoms. The fourth-order valence-electron chi connectivity index (χ4n) is 2.79. The summed E-state index contributed by atoms with van der Waals surface area (Å²) in [6, 6.07) is 10.8. The first-order valence-electron chi connectivity index (χ1n) is 6.60. The Morgan fingerprint density at radius 1 is 1.42 bits per heavy atom. The number of nitrogens with one attached hydrogen (secondary N) is 1. The topological polar surface area (TPSA) is 55.1 Å². The Labute approximate surface area is 121 Å². The first-order valence-corrected chi connectivity index (χ1v) is 6.60. The molecule has 4 heteroatoms. The molecule has 3 N–H and O–H groups in total. The Kier molecular flexibility index (Phi) is 5.39. The van der Waals surface area contributed by atoms with Crippen molar-refractivity contribution in [1.29, 1.82) is 0 Å². The number of amides is 1. The lowest BCUT2D eigenvalue weighted by molar-refractivity contribution is -0.123. The molecule has 1 aliphatic carbocycles. The maximum absolute atomic E-state index is 11.6. The van der Waals surface area contributed by atoms with Gasteiger partial charge in [0.25, 0.3) is 0 Å². The maximum atomic E-state index is 11.6. The second-order valence-corrected chi connectivity index (χ2v) is 5.78. The van der Waals surface area contributed by atoms with Gasteiger partial charge in [0.15, 0.2) is 0 Å². The predicted octanol–water partition coefficient (Wildman–Crippen LogP) is 2.38. The molecule has 0 spiro atoms. The summed E-state index contributed by atoms with van der Waals surface area (Å²) in [5, 5.41) is 3.05. The van der Waals surface area contributed by atoms with E-state index in [0.29, 0.717) is 12.5 Å². The lowest BCUT2D eigenvalue weighted by Crippen LogP contribution is -2.52. The van der Waals surface area contributed by atoms with Crippen molar-refractivity contribution in [1.82, 2.24) is 5.32 Å². The van der Waals surface area contributed by atoms with Gasteiger partial charge >= 0.3 is 0 Å². The summed E-state index contributed by atoms with van der Waals surface area (Å²) in [4.78, 5) is 11.6. The van der Waals surface area contributed by atoms with Crippen LogP contribution < -0.4 is 11.1 Å². The minimum absolute atomic E-state index is 0. The van der Waals surface area contributed by atoms with Crippen LogP contribution >= 0.6 is 12.4 Å². The van der Waals surface area contributed by atoms with E-state index in [1.165, 1.54) is 5.56 Å². The van der Waals surface area contributed by atoms with Crippen molar-refractivity contribution in [2.45, 2.75) is 50.6 Å². The molecule has 1 amide bonds. The Morgan fingerprint density at radius 2 is 2.00 bits per heavy atom. The molecule has 19 heavy (non-hydrogen) atoms. The highest BCUT2D eigenvalue weighted by Crippen LogP contribution is 2.43. The number of carbonyl (C=O) groups excluding carboxylic acids is 1. The lowest BCUT2D eigenvalue weighted by Gasteiger charge is -2.46. The van der Waals surface area contributed by atoms with Crippen LogP contribution in [0.2, 0.25) is 0 Å². The van der Waals surface area contributed by atoms with Crippen LogP contribution in [0.3, 0.4) is 0 Å². The Balaban J connectivity index is 0.00000180. The van der Waals surface area contributed by atoms with E-state index in [-0.39, 0.29) is 29.8 Å². The van der Waals surface area contributed by atoms with Gasteiger partial charge in [0, 0.05) is 18.5 Å². The SMILES string of the molecule is CC(N)CC(=O)NC1CC(C)(c2ccccc2)C1.Cl. The molecule has 1 unspecified atom stereocenters. The Bertz CT molecular complexity index is 413. The fraction of sp³-hybridized carbons (Fsp3) is 0.533. The molecule has 1 saturated carbocycles. The number of nitrogens with two attached hydrogens (primary N) is 1. The van der Waals surface area contributed by atoms with Gasteiger partial charge in [-0.2, -0.15) is 0 Å². The zero-order chi connectivity index (χ0) is 13.2. The van der Waals surface area contributed by atoms with E-state index in [4.69, 9.17) is 5.73 Å². The molecule has 0 heterocycles. The molecule has 1 atom stereocenters. The Hall–Kier alpha value is -1.06. The van der Waals surface area contributed by atoms with Crippen molar-refractivity contribution in [3.63, 3.8) is 0 Å². The summed E-state index contributed by atoms with van der Waals surface area (Å²) >= 11 is 0. The van der Waals surface area contributed by atoms with Gasteiger partial charge in [-0.1, -0.05) is 37.3 Å². The third-order valence-corrected chi connectivity index (χ3v) is 3.74. The summed E-state index contributed by atoms with van der Waals surface area (Å²) in [6.07, 6.45) is 2.45. The molecular formula is C15H23ClN2O. The number of hydrogen-bond acceptors (Lipinski definition) is 2. The summed E-state index contributed by atoms with van der Waals surface area (Å²) < 4.78 is 0. The smallest absolute Gasteiger partial charge is 0.221 e. The molecule has 0 aromatic heterocycles. The van der Waals surface area contributed by atoms with Gasteiger partial charge in [-0.25, -0.2) is 0 Å². The van der Waals surface area contributed by atoms with E-state index in [1.807, 2.05) is 13.0 Å². The summed E-state index contributed by atoms with van der Waals surface area (Å²) in [7, 11) is 0. The van der Waals surface area contributed by atoms with Crippen molar-refractivity contribution >= 4 is 18.3 Å². The van der Waals surface area contributed by atoms with Gasteiger partial charge in [0.2, 0.25) is 5.91 Å². The van der Waals surface area contributed by atoms with Crippen molar-refractivity contribution in [2.75, 3.05) is 0 Å². The molecule has 3 nitrogen and oxygen atoms in total. The minimum Gasteiger partial charge on any atom is -0.353 e.